The third-order valence-electron chi connectivity index (χ3n) is 7.79. The van der Waals surface area contributed by atoms with Gasteiger partial charge >= 0.3 is 0 Å². The Hall–Kier alpha value is 0.174. The summed E-state index contributed by atoms with van der Waals surface area (Å²) in [6, 6.07) is 0. The van der Waals surface area contributed by atoms with Gasteiger partial charge in [-0.1, -0.05) is 83.1 Å². The van der Waals surface area contributed by atoms with E-state index in [1.54, 1.807) is 0 Å². The van der Waals surface area contributed by atoms with Gasteiger partial charge in [-0.05, 0) is 49.2 Å². The summed E-state index contributed by atoms with van der Waals surface area (Å²) < 4.78 is 3.85. The number of thiazole rings is 2. The molecule has 0 atom stereocenters. The summed E-state index contributed by atoms with van der Waals surface area (Å²) in [4.78, 5) is 12.9. The first-order valence-corrected chi connectivity index (χ1v) is 18.8. The molecular formula is C24H43BrN2S2Si2. The molecule has 0 fully saturated rings. The minimum absolute atomic E-state index is 0.665. The van der Waals surface area contributed by atoms with Gasteiger partial charge in [0.05, 0.1) is 19.0 Å². The molecule has 0 saturated heterocycles. The Morgan fingerprint density at radius 1 is 0.645 bits per heavy atom. The lowest BCUT2D eigenvalue weighted by atomic mass is 10.5. The first-order valence-electron chi connectivity index (χ1n) is 11.9. The minimum Gasteiger partial charge on any atom is -0.254 e. The highest BCUT2D eigenvalue weighted by atomic mass is 79.9. The van der Waals surface area contributed by atoms with Crippen molar-refractivity contribution in [1.29, 1.82) is 0 Å². The Morgan fingerprint density at radius 3 is 1.42 bits per heavy atom. The molecule has 0 N–H and O–H groups in total. The molecule has 2 rings (SSSR count). The second-order valence-corrected chi connectivity index (χ2v) is 26.1. The zero-order valence-electron chi connectivity index (χ0n) is 21.6. The molecule has 176 valence electrons. The first kappa shape index (κ1) is 27.4. The van der Waals surface area contributed by atoms with E-state index in [2.05, 4.69) is 105 Å². The lowest BCUT2D eigenvalue weighted by molar-refractivity contribution is 0.833. The molecule has 0 aliphatic carbocycles. The van der Waals surface area contributed by atoms with Crippen molar-refractivity contribution in [2.75, 3.05) is 0 Å². The van der Waals surface area contributed by atoms with E-state index in [4.69, 9.17) is 9.97 Å². The van der Waals surface area contributed by atoms with Crippen LogP contribution in [0, 0.1) is 0 Å². The quantitative estimate of drug-likeness (QED) is 0.287. The summed E-state index contributed by atoms with van der Waals surface area (Å²) in [5.41, 5.74) is 4.02. The molecule has 7 heteroatoms. The highest BCUT2D eigenvalue weighted by Gasteiger charge is 2.49. The third-order valence-corrected chi connectivity index (χ3v) is 26.4. The van der Waals surface area contributed by atoms with Crippen molar-refractivity contribution in [2.45, 2.75) is 116 Å². The summed E-state index contributed by atoms with van der Waals surface area (Å²) in [5.74, 6) is 0. The molecule has 2 nitrogen and oxygen atoms in total. The van der Waals surface area contributed by atoms with Gasteiger partial charge in [-0.25, -0.2) is 4.98 Å². The molecule has 0 spiro atoms. The van der Waals surface area contributed by atoms with Crippen molar-refractivity contribution in [1.82, 2.24) is 9.97 Å². The summed E-state index contributed by atoms with van der Waals surface area (Å²) >= 11 is 7.74. The third kappa shape index (κ3) is 4.47. The van der Waals surface area contributed by atoms with Crippen LogP contribution in [0.5, 0.6) is 0 Å². The maximum absolute atomic E-state index is 5.19. The van der Waals surface area contributed by atoms with E-state index in [-0.39, 0.29) is 0 Å². The molecule has 0 aromatic carbocycles. The van der Waals surface area contributed by atoms with Gasteiger partial charge in [0.15, 0.2) is 0 Å². The molecule has 0 aliphatic rings. The van der Waals surface area contributed by atoms with Gasteiger partial charge in [0.25, 0.3) is 0 Å². The molecule has 0 unspecified atom stereocenters. The fourth-order valence-corrected chi connectivity index (χ4v) is 27.1. The van der Waals surface area contributed by atoms with Crippen molar-refractivity contribution < 1.29 is 0 Å². The summed E-state index contributed by atoms with van der Waals surface area (Å²) in [5, 5.41) is 0. The summed E-state index contributed by atoms with van der Waals surface area (Å²) in [6.07, 6.45) is 2.14. The Bertz CT molecular complexity index is 825. The fraction of sp³-hybridized carbons (Fsp3) is 0.750. The zero-order valence-corrected chi connectivity index (χ0v) is 26.8. The van der Waals surface area contributed by atoms with Crippen LogP contribution in [0.3, 0.4) is 0 Å². The number of rotatable bonds is 9. The fourth-order valence-electron chi connectivity index (χ4n) is 6.70. The van der Waals surface area contributed by atoms with Gasteiger partial charge in [0.2, 0.25) is 0 Å². The molecule has 0 bridgehead atoms. The molecule has 0 amide bonds. The Labute approximate surface area is 209 Å². The van der Waals surface area contributed by atoms with Crippen LogP contribution in [0.4, 0.5) is 0 Å². The number of aromatic nitrogens is 2. The Kier molecular flexibility index (Phi) is 9.02. The lowest BCUT2D eigenvalue weighted by Gasteiger charge is -2.41. The van der Waals surface area contributed by atoms with E-state index < -0.39 is 16.1 Å². The van der Waals surface area contributed by atoms with Crippen LogP contribution in [0.25, 0.3) is 9.75 Å². The van der Waals surface area contributed by atoms with Crippen LogP contribution in [-0.2, 0) is 0 Å². The topological polar surface area (TPSA) is 25.8 Å². The predicted molar refractivity (Wildman–Crippen MR) is 152 cm³/mol. The Morgan fingerprint density at radius 2 is 1.03 bits per heavy atom. The maximum Gasteiger partial charge on any atom is 0.131 e. The zero-order chi connectivity index (χ0) is 23.9. The normalized spacial score (nSPS) is 13.8. The van der Waals surface area contributed by atoms with Crippen molar-refractivity contribution in [2.24, 2.45) is 0 Å². The average molecular weight is 560 g/mol. The van der Waals surface area contributed by atoms with Gasteiger partial charge in [0.1, 0.15) is 20.8 Å². The van der Waals surface area contributed by atoms with E-state index in [1.165, 1.54) is 19.0 Å². The monoisotopic (exact) mass is 558 g/mol. The molecule has 2 aromatic heterocycles. The lowest BCUT2D eigenvalue weighted by Crippen LogP contribution is -2.55. The van der Waals surface area contributed by atoms with Gasteiger partial charge in [0, 0.05) is 6.20 Å². The standard InChI is InChI=1S/C24H43BrN2S2Si2/c1-14(2)30(15(3)4,16(5)6)23-26-13-20(28-23)21-22(25)27-24(29-21)31(17(7)8,18(9)10)19(11)12/h13-19H,1-12H3. The van der Waals surface area contributed by atoms with Crippen LogP contribution >= 0.6 is 38.6 Å². The van der Waals surface area contributed by atoms with Crippen LogP contribution in [0.15, 0.2) is 10.8 Å². The minimum atomic E-state index is -1.76. The first-order chi connectivity index (χ1) is 14.2. The SMILES string of the molecule is CC(C)[Si](c1ncc(-c2sc([Si](C(C)C)(C(C)C)C(C)C)nc2Br)s1)(C(C)C)C(C)C. The van der Waals surface area contributed by atoms with Gasteiger partial charge < -0.3 is 0 Å². The molecule has 0 radical (unpaired) electrons. The van der Waals surface area contributed by atoms with E-state index in [9.17, 15) is 0 Å². The van der Waals surface area contributed by atoms with Crippen molar-refractivity contribution in [3.63, 3.8) is 0 Å². The van der Waals surface area contributed by atoms with Crippen molar-refractivity contribution >= 4 is 64.0 Å². The molecular weight excluding hydrogens is 516 g/mol. The molecule has 2 heterocycles. The number of hydrogen-bond donors (Lipinski definition) is 0. The second kappa shape index (κ2) is 10.2. The molecule has 2 aromatic rings. The van der Waals surface area contributed by atoms with Crippen LogP contribution in [0.2, 0.25) is 33.2 Å². The average Bonchev–Trinajstić information content (AvgIpc) is 3.21. The maximum atomic E-state index is 5.19. The molecule has 0 saturated carbocycles. The largest absolute Gasteiger partial charge is 0.254 e. The van der Waals surface area contributed by atoms with Crippen LogP contribution in [-0.4, -0.2) is 26.1 Å². The summed E-state index contributed by atoms with van der Waals surface area (Å²) in [6.45, 7) is 29.0. The van der Waals surface area contributed by atoms with Gasteiger partial charge in [-0.2, -0.15) is 0 Å². The Balaban J connectivity index is 2.64. The van der Waals surface area contributed by atoms with Crippen LogP contribution in [0.1, 0.15) is 83.1 Å². The summed E-state index contributed by atoms with van der Waals surface area (Å²) in [7, 11) is -3.49. The smallest absolute Gasteiger partial charge is 0.131 e. The van der Waals surface area contributed by atoms with E-state index in [0.29, 0.717) is 33.2 Å². The molecule has 31 heavy (non-hydrogen) atoms. The highest BCUT2D eigenvalue weighted by molar-refractivity contribution is 9.10. The van der Waals surface area contributed by atoms with Crippen molar-refractivity contribution in [3.05, 3.63) is 10.8 Å². The van der Waals surface area contributed by atoms with Gasteiger partial charge in [-0.3, -0.25) is 4.98 Å². The number of nitrogens with zero attached hydrogens (tertiary/aromatic N) is 2. The number of halogens is 1. The van der Waals surface area contributed by atoms with E-state index >= 15 is 0 Å². The predicted octanol–water partition coefficient (Wildman–Crippen LogP) is 8.80. The van der Waals surface area contributed by atoms with Crippen molar-refractivity contribution in [3.8, 4) is 9.75 Å². The highest BCUT2D eigenvalue weighted by Crippen LogP contribution is 2.46. The van der Waals surface area contributed by atoms with Gasteiger partial charge in [-0.15, -0.1) is 22.7 Å². The van der Waals surface area contributed by atoms with Crippen LogP contribution < -0.4 is 9.26 Å². The number of hydrogen-bond acceptors (Lipinski definition) is 4. The second-order valence-electron chi connectivity index (χ2n) is 11.0. The molecule has 0 aliphatic heterocycles. The van der Waals surface area contributed by atoms with E-state index in [1.807, 2.05) is 22.7 Å². The van der Waals surface area contributed by atoms with E-state index in [0.717, 1.165) is 4.60 Å².